The zero-order valence-corrected chi connectivity index (χ0v) is 11.1. The third-order valence-corrected chi connectivity index (χ3v) is 2.86. The van der Waals surface area contributed by atoms with Crippen molar-refractivity contribution in [3.63, 3.8) is 0 Å². The lowest BCUT2D eigenvalue weighted by atomic mass is 10.3. The van der Waals surface area contributed by atoms with Gasteiger partial charge in [0.25, 0.3) is 0 Å². The van der Waals surface area contributed by atoms with Gasteiger partial charge >= 0.3 is 0 Å². The number of benzene rings is 1. The average molecular weight is 269 g/mol. The highest BCUT2D eigenvalue weighted by Crippen LogP contribution is 2.15. The van der Waals surface area contributed by atoms with Crippen LogP contribution in [0, 0.1) is 0 Å². The van der Waals surface area contributed by atoms with Gasteiger partial charge in [-0.3, -0.25) is 0 Å². The number of nitrogens with zero attached hydrogens (tertiary/aromatic N) is 3. The number of aromatic nitrogens is 4. The van der Waals surface area contributed by atoms with E-state index in [1.807, 2.05) is 37.3 Å². The minimum atomic E-state index is 0.0188. The van der Waals surface area contributed by atoms with Crippen LogP contribution in [0.5, 0.6) is 5.75 Å². The highest BCUT2D eigenvalue weighted by molar-refractivity contribution is 5.81. The number of hydrogen-bond acceptors (Lipinski definition) is 5. The van der Waals surface area contributed by atoms with Gasteiger partial charge in [-0.15, -0.1) is 0 Å². The van der Waals surface area contributed by atoms with Crippen LogP contribution in [0.25, 0.3) is 11.2 Å². The number of aromatic amines is 1. The molecule has 0 aliphatic heterocycles. The zero-order chi connectivity index (χ0) is 13.8. The Labute approximate surface area is 116 Å². The van der Waals surface area contributed by atoms with Crippen LogP contribution in [-0.2, 0) is 0 Å². The summed E-state index contributed by atoms with van der Waals surface area (Å²) in [5.74, 6) is 1.59. The van der Waals surface area contributed by atoms with E-state index in [9.17, 15) is 0 Å². The second kappa shape index (κ2) is 5.56. The Balaban J connectivity index is 1.63. The smallest absolute Gasteiger partial charge is 0.182 e. The first-order valence-electron chi connectivity index (χ1n) is 6.42. The van der Waals surface area contributed by atoms with Crippen molar-refractivity contribution in [1.29, 1.82) is 0 Å². The summed E-state index contributed by atoms with van der Waals surface area (Å²) in [5, 5.41) is 3.25. The SMILES string of the molecule is CC(CNc1ncnc2nc[nH]c12)Oc1ccccc1. The van der Waals surface area contributed by atoms with Crippen molar-refractivity contribution in [3.8, 4) is 5.75 Å². The van der Waals surface area contributed by atoms with Gasteiger partial charge in [0.05, 0.1) is 12.9 Å². The molecule has 0 bridgehead atoms. The normalized spacial score (nSPS) is 12.2. The monoisotopic (exact) mass is 269 g/mol. The summed E-state index contributed by atoms with van der Waals surface area (Å²) in [4.78, 5) is 15.4. The molecule has 0 spiro atoms. The molecule has 2 heterocycles. The predicted molar refractivity (Wildman–Crippen MR) is 76.7 cm³/mol. The van der Waals surface area contributed by atoms with E-state index in [2.05, 4.69) is 25.3 Å². The third-order valence-electron chi connectivity index (χ3n) is 2.86. The van der Waals surface area contributed by atoms with Crippen molar-refractivity contribution in [3.05, 3.63) is 43.0 Å². The number of anilines is 1. The van der Waals surface area contributed by atoms with Crippen LogP contribution >= 0.6 is 0 Å². The second-order valence-electron chi connectivity index (χ2n) is 4.45. The largest absolute Gasteiger partial charge is 0.489 e. The number of H-pyrrole nitrogens is 1. The maximum absolute atomic E-state index is 5.80. The van der Waals surface area contributed by atoms with E-state index in [4.69, 9.17) is 4.74 Å². The molecule has 1 atom stereocenters. The minimum Gasteiger partial charge on any atom is -0.489 e. The highest BCUT2D eigenvalue weighted by atomic mass is 16.5. The summed E-state index contributed by atoms with van der Waals surface area (Å²) in [6.45, 7) is 2.64. The Kier molecular flexibility index (Phi) is 3.45. The molecule has 0 saturated heterocycles. The van der Waals surface area contributed by atoms with Crippen LogP contribution in [0.2, 0.25) is 0 Å². The van der Waals surface area contributed by atoms with Gasteiger partial charge in [-0.05, 0) is 19.1 Å². The maximum atomic E-state index is 5.80. The van der Waals surface area contributed by atoms with E-state index in [0.29, 0.717) is 12.2 Å². The first kappa shape index (κ1) is 12.4. The molecule has 6 nitrogen and oxygen atoms in total. The fourth-order valence-corrected chi connectivity index (χ4v) is 1.91. The Morgan fingerprint density at radius 2 is 2.05 bits per heavy atom. The van der Waals surface area contributed by atoms with Gasteiger partial charge in [0.15, 0.2) is 11.5 Å². The topological polar surface area (TPSA) is 75.7 Å². The number of nitrogens with one attached hydrogen (secondary N) is 2. The van der Waals surface area contributed by atoms with E-state index in [1.165, 1.54) is 6.33 Å². The molecule has 0 aliphatic rings. The van der Waals surface area contributed by atoms with E-state index in [-0.39, 0.29) is 6.10 Å². The molecule has 0 saturated carbocycles. The number of ether oxygens (including phenoxy) is 1. The lowest BCUT2D eigenvalue weighted by Gasteiger charge is -2.15. The van der Waals surface area contributed by atoms with E-state index in [1.54, 1.807) is 6.33 Å². The predicted octanol–water partition coefficient (Wildman–Crippen LogP) is 2.23. The summed E-state index contributed by atoms with van der Waals surface area (Å²) in [6.07, 6.45) is 3.12. The van der Waals surface area contributed by atoms with E-state index < -0.39 is 0 Å². The lowest BCUT2D eigenvalue weighted by molar-refractivity contribution is 0.234. The zero-order valence-electron chi connectivity index (χ0n) is 11.1. The van der Waals surface area contributed by atoms with Crippen LogP contribution < -0.4 is 10.1 Å². The van der Waals surface area contributed by atoms with Crippen molar-refractivity contribution in [2.45, 2.75) is 13.0 Å². The Morgan fingerprint density at radius 1 is 1.20 bits per heavy atom. The summed E-state index contributed by atoms with van der Waals surface area (Å²) >= 11 is 0. The molecule has 0 fully saturated rings. The molecule has 3 aromatic rings. The summed E-state index contributed by atoms with van der Waals surface area (Å²) < 4.78 is 5.80. The molecule has 0 radical (unpaired) electrons. The van der Waals surface area contributed by atoms with Crippen molar-refractivity contribution in [2.24, 2.45) is 0 Å². The number of para-hydroxylation sites is 1. The number of fused-ring (bicyclic) bond motifs is 1. The maximum Gasteiger partial charge on any atom is 0.182 e. The van der Waals surface area contributed by atoms with Crippen LogP contribution in [0.1, 0.15) is 6.92 Å². The van der Waals surface area contributed by atoms with Gasteiger partial charge in [-0.1, -0.05) is 18.2 Å². The average Bonchev–Trinajstić information content (AvgIpc) is 2.95. The molecule has 1 unspecified atom stereocenters. The summed E-state index contributed by atoms with van der Waals surface area (Å²) in [5.41, 5.74) is 1.46. The Hall–Kier alpha value is -2.63. The van der Waals surface area contributed by atoms with Crippen molar-refractivity contribution >= 4 is 17.0 Å². The first-order valence-corrected chi connectivity index (χ1v) is 6.42. The number of rotatable bonds is 5. The van der Waals surface area contributed by atoms with Crippen LogP contribution in [-0.4, -0.2) is 32.6 Å². The van der Waals surface area contributed by atoms with Gasteiger partial charge in [0.2, 0.25) is 0 Å². The number of hydrogen-bond donors (Lipinski definition) is 2. The van der Waals surface area contributed by atoms with Gasteiger partial charge in [-0.25, -0.2) is 15.0 Å². The fraction of sp³-hybridized carbons (Fsp3) is 0.214. The van der Waals surface area contributed by atoms with Gasteiger partial charge < -0.3 is 15.0 Å². The summed E-state index contributed by atoms with van der Waals surface area (Å²) in [7, 11) is 0. The molecular weight excluding hydrogens is 254 g/mol. The van der Waals surface area contributed by atoms with Gasteiger partial charge in [-0.2, -0.15) is 0 Å². The van der Waals surface area contributed by atoms with Crippen LogP contribution in [0.3, 0.4) is 0 Å². The van der Waals surface area contributed by atoms with Crippen molar-refractivity contribution in [1.82, 2.24) is 19.9 Å². The van der Waals surface area contributed by atoms with Gasteiger partial charge in [0.1, 0.15) is 23.7 Å². The van der Waals surface area contributed by atoms with E-state index in [0.717, 1.165) is 17.1 Å². The van der Waals surface area contributed by atoms with E-state index >= 15 is 0 Å². The molecule has 2 aromatic heterocycles. The molecule has 6 heteroatoms. The van der Waals surface area contributed by atoms with Crippen molar-refractivity contribution in [2.75, 3.05) is 11.9 Å². The second-order valence-corrected chi connectivity index (χ2v) is 4.45. The third kappa shape index (κ3) is 2.69. The molecule has 3 rings (SSSR count). The number of imidazole rings is 1. The standard InChI is InChI=1S/C14H15N5O/c1-10(20-11-5-3-2-4-6-11)7-15-13-12-14(17-8-16-12)19-9-18-13/h2-6,8-10H,7H2,1H3,(H2,15,16,17,18,19). The molecule has 1 aromatic carbocycles. The fourth-order valence-electron chi connectivity index (χ4n) is 1.91. The Morgan fingerprint density at radius 3 is 2.90 bits per heavy atom. The molecule has 0 aliphatic carbocycles. The Bertz CT molecular complexity index is 682. The summed E-state index contributed by atoms with van der Waals surface area (Å²) in [6, 6.07) is 9.75. The van der Waals surface area contributed by atoms with Crippen LogP contribution in [0.15, 0.2) is 43.0 Å². The molecule has 102 valence electrons. The molecule has 20 heavy (non-hydrogen) atoms. The molecule has 2 N–H and O–H groups in total. The van der Waals surface area contributed by atoms with Crippen molar-refractivity contribution < 1.29 is 4.74 Å². The quantitative estimate of drug-likeness (QED) is 0.743. The molecule has 0 amide bonds. The first-order chi connectivity index (χ1) is 9.83. The van der Waals surface area contributed by atoms with Gasteiger partial charge in [0, 0.05) is 0 Å². The molecular formula is C14H15N5O. The van der Waals surface area contributed by atoms with Crippen LogP contribution in [0.4, 0.5) is 5.82 Å². The minimum absolute atomic E-state index is 0.0188. The highest BCUT2D eigenvalue weighted by Gasteiger charge is 2.08. The lowest BCUT2D eigenvalue weighted by Crippen LogP contribution is -2.23.